The average molecular weight is 321 g/mol. The molecule has 1 aromatic heterocycles. The Morgan fingerprint density at radius 3 is 3.05 bits per heavy atom. The molecule has 0 spiro atoms. The zero-order valence-corrected chi connectivity index (χ0v) is 13.8. The lowest BCUT2D eigenvalue weighted by atomic mass is 10.0. The van der Waals surface area contributed by atoms with Crippen LogP contribution >= 0.6 is 11.3 Å². The van der Waals surface area contributed by atoms with Gasteiger partial charge in [0, 0.05) is 30.6 Å². The largest absolute Gasteiger partial charge is 0.336 e. The van der Waals surface area contributed by atoms with Gasteiger partial charge in [-0.3, -0.25) is 4.79 Å². The Labute approximate surface area is 135 Å². The van der Waals surface area contributed by atoms with Crippen LogP contribution in [0.5, 0.6) is 0 Å². The number of urea groups is 1. The van der Waals surface area contributed by atoms with E-state index < -0.39 is 0 Å². The van der Waals surface area contributed by atoms with Crippen molar-refractivity contribution in [2.24, 2.45) is 0 Å². The van der Waals surface area contributed by atoms with Crippen molar-refractivity contribution in [2.45, 2.75) is 45.2 Å². The van der Waals surface area contributed by atoms with E-state index >= 15 is 0 Å². The second-order valence-corrected chi connectivity index (χ2v) is 7.13. The van der Waals surface area contributed by atoms with Crippen molar-refractivity contribution in [3.63, 3.8) is 0 Å². The van der Waals surface area contributed by atoms with Crippen LogP contribution in [0.4, 0.5) is 4.79 Å². The van der Waals surface area contributed by atoms with Crippen LogP contribution < -0.4 is 5.32 Å². The molecule has 0 saturated carbocycles. The van der Waals surface area contributed by atoms with Crippen molar-refractivity contribution in [1.29, 1.82) is 0 Å². The minimum Gasteiger partial charge on any atom is -0.336 e. The molecule has 0 aromatic carbocycles. The monoisotopic (exact) mass is 321 g/mol. The second kappa shape index (κ2) is 6.69. The number of fused-ring (bicyclic) bond motifs is 1. The van der Waals surface area contributed by atoms with E-state index in [-0.39, 0.29) is 24.5 Å². The molecular formula is C16H23N3O2S. The first-order valence-corrected chi connectivity index (χ1v) is 8.90. The van der Waals surface area contributed by atoms with Crippen LogP contribution in [-0.2, 0) is 17.8 Å². The zero-order valence-electron chi connectivity index (χ0n) is 13.0. The summed E-state index contributed by atoms with van der Waals surface area (Å²) < 4.78 is 0. The van der Waals surface area contributed by atoms with Gasteiger partial charge in [0.15, 0.2) is 0 Å². The summed E-state index contributed by atoms with van der Waals surface area (Å²) in [4.78, 5) is 29.6. The number of piperidine rings is 1. The van der Waals surface area contributed by atoms with Gasteiger partial charge in [-0.25, -0.2) is 4.79 Å². The Bertz CT molecular complexity index is 557. The number of hydrogen-bond acceptors (Lipinski definition) is 3. The van der Waals surface area contributed by atoms with Gasteiger partial charge in [-0.15, -0.1) is 11.3 Å². The third-order valence-electron chi connectivity index (χ3n) is 4.62. The smallest absolute Gasteiger partial charge is 0.318 e. The van der Waals surface area contributed by atoms with E-state index in [1.807, 2.05) is 9.80 Å². The standard InChI is InChI=1S/C16H23N3O2S/c1-12-4-2-3-7-19(12)16(21)17-10-15(20)18-8-5-14-13(11-18)6-9-22-14/h6,9,12H,2-5,7-8,10-11H2,1H3,(H,17,21). The van der Waals surface area contributed by atoms with E-state index in [1.54, 1.807) is 11.3 Å². The Hall–Kier alpha value is -1.56. The fourth-order valence-electron chi connectivity index (χ4n) is 3.23. The van der Waals surface area contributed by atoms with E-state index in [0.717, 1.165) is 32.4 Å². The molecule has 5 nitrogen and oxygen atoms in total. The number of thiophene rings is 1. The Morgan fingerprint density at radius 1 is 1.36 bits per heavy atom. The van der Waals surface area contributed by atoms with E-state index in [0.29, 0.717) is 6.54 Å². The Morgan fingerprint density at radius 2 is 2.23 bits per heavy atom. The van der Waals surface area contributed by atoms with Gasteiger partial charge in [-0.2, -0.15) is 0 Å². The van der Waals surface area contributed by atoms with Crippen LogP contribution in [0, 0.1) is 0 Å². The maximum Gasteiger partial charge on any atom is 0.318 e. The molecule has 0 bridgehead atoms. The molecule has 2 aliphatic heterocycles. The summed E-state index contributed by atoms with van der Waals surface area (Å²) in [6.45, 7) is 4.39. The highest BCUT2D eigenvalue weighted by Crippen LogP contribution is 2.23. The summed E-state index contributed by atoms with van der Waals surface area (Å²) in [5, 5.41) is 4.88. The highest BCUT2D eigenvalue weighted by atomic mass is 32.1. The first-order chi connectivity index (χ1) is 10.6. The molecule has 120 valence electrons. The van der Waals surface area contributed by atoms with Crippen LogP contribution in [0.3, 0.4) is 0 Å². The van der Waals surface area contributed by atoms with Crippen molar-refractivity contribution < 1.29 is 9.59 Å². The molecule has 1 fully saturated rings. The van der Waals surface area contributed by atoms with Crippen LogP contribution in [-0.4, -0.2) is 47.4 Å². The first-order valence-electron chi connectivity index (χ1n) is 8.02. The molecule has 2 aliphatic rings. The Kier molecular flexibility index (Phi) is 4.66. The van der Waals surface area contributed by atoms with Crippen molar-refractivity contribution >= 4 is 23.3 Å². The molecule has 0 radical (unpaired) electrons. The number of amides is 3. The fourth-order valence-corrected chi connectivity index (χ4v) is 4.12. The van der Waals surface area contributed by atoms with Gasteiger partial charge in [-0.05, 0) is 49.6 Å². The van der Waals surface area contributed by atoms with Gasteiger partial charge in [0.05, 0.1) is 6.54 Å². The number of nitrogens with zero attached hydrogens (tertiary/aromatic N) is 2. The third kappa shape index (κ3) is 3.27. The molecule has 1 saturated heterocycles. The summed E-state index contributed by atoms with van der Waals surface area (Å²) in [5.74, 6) is 0.00913. The molecule has 22 heavy (non-hydrogen) atoms. The number of likely N-dealkylation sites (tertiary alicyclic amines) is 1. The summed E-state index contributed by atoms with van der Waals surface area (Å²) >= 11 is 1.76. The molecule has 3 amide bonds. The molecule has 1 atom stereocenters. The van der Waals surface area contributed by atoms with Crippen LogP contribution in [0.15, 0.2) is 11.4 Å². The predicted octanol–water partition coefficient (Wildman–Crippen LogP) is 2.22. The number of nitrogens with one attached hydrogen (secondary N) is 1. The quantitative estimate of drug-likeness (QED) is 0.908. The minimum atomic E-state index is -0.103. The molecule has 0 aliphatic carbocycles. The van der Waals surface area contributed by atoms with E-state index in [4.69, 9.17) is 0 Å². The van der Waals surface area contributed by atoms with E-state index in [2.05, 4.69) is 23.7 Å². The number of carbonyl (C=O) groups excluding carboxylic acids is 2. The van der Waals surface area contributed by atoms with Gasteiger partial charge in [0.1, 0.15) is 0 Å². The first kappa shape index (κ1) is 15.3. The normalized spacial score (nSPS) is 21.4. The molecule has 3 heterocycles. The lowest BCUT2D eigenvalue weighted by molar-refractivity contribution is -0.131. The molecule has 1 N–H and O–H groups in total. The lowest BCUT2D eigenvalue weighted by Gasteiger charge is -2.33. The highest BCUT2D eigenvalue weighted by molar-refractivity contribution is 7.10. The van der Waals surface area contributed by atoms with E-state index in [1.165, 1.54) is 16.9 Å². The summed E-state index contributed by atoms with van der Waals surface area (Å²) in [5.41, 5.74) is 1.25. The topological polar surface area (TPSA) is 52.7 Å². The van der Waals surface area contributed by atoms with Crippen molar-refractivity contribution in [3.05, 3.63) is 21.9 Å². The third-order valence-corrected chi connectivity index (χ3v) is 5.64. The maximum atomic E-state index is 12.3. The summed E-state index contributed by atoms with van der Waals surface area (Å²) in [6.07, 6.45) is 4.21. The van der Waals surface area contributed by atoms with Gasteiger partial charge >= 0.3 is 6.03 Å². The molecular weight excluding hydrogens is 298 g/mol. The summed E-state index contributed by atoms with van der Waals surface area (Å²) in [6, 6.07) is 2.26. The molecule has 1 unspecified atom stereocenters. The van der Waals surface area contributed by atoms with Crippen molar-refractivity contribution in [2.75, 3.05) is 19.6 Å². The van der Waals surface area contributed by atoms with E-state index in [9.17, 15) is 9.59 Å². The van der Waals surface area contributed by atoms with Gasteiger partial charge in [0.25, 0.3) is 0 Å². The molecule has 3 rings (SSSR count). The number of rotatable bonds is 2. The summed E-state index contributed by atoms with van der Waals surface area (Å²) in [7, 11) is 0. The van der Waals surface area contributed by atoms with Gasteiger partial charge < -0.3 is 15.1 Å². The van der Waals surface area contributed by atoms with Gasteiger partial charge in [0.2, 0.25) is 5.91 Å². The second-order valence-electron chi connectivity index (χ2n) is 6.13. The molecule has 6 heteroatoms. The van der Waals surface area contributed by atoms with Crippen LogP contribution in [0.1, 0.15) is 36.6 Å². The van der Waals surface area contributed by atoms with Crippen molar-refractivity contribution in [3.8, 4) is 0 Å². The SMILES string of the molecule is CC1CCCCN1C(=O)NCC(=O)N1CCc2sccc2C1. The predicted molar refractivity (Wildman–Crippen MR) is 86.9 cm³/mol. The molecule has 1 aromatic rings. The Balaban J connectivity index is 1.49. The van der Waals surface area contributed by atoms with Gasteiger partial charge in [-0.1, -0.05) is 0 Å². The maximum absolute atomic E-state index is 12.3. The minimum absolute atomic E-state index is 0.00913. The average Bonchev–Trinajstić information content (AvgIpc) is 3.00. The highest BCUT2D eigenvalue weighted by Gasteiger charge is 2.25. The van der Waals surface area contributed by atoms with Crippen molar-refractivity contribution in [1.82, 2.24) is 15.1 Å². The number of carbonyl (C=O) groups is 2. The van der Waals surface area contributed by atoms with Crippen LogP contribution in [0.2, 0.25) is 0 Å². The lowest BCUT2D eigenvalue weighted by Crippen LogP contribution is -2.50. The number of hydrogen-bond donors (Lipinski definition) is 1. The zero-order chi connectivity index (χ0) is 15.5. The van der Waals surface area contributed by atoms with Crippen LogP contribution in [0.25, 0.3) is 0 Å². The fraction of sp³-hybridized carbons (Fsp3) is 0.625.